The average Bonchev–Trinajstić information content (AvgIpc) is 2.60. The van der Waals surface area contributed by atoms with Crippen molar-refractivity contribution in [3.05, 3.63) is 34.9 Å². The summed E-state index contributed by atoms with van der Waals surface area (Å²) in [5.74, 6) is -0.293. The molecule has 0 bridgehead atoms. The molecule has 5 nitrogen and oxygen atoms in total. The molecule has 1 saturated heterocycles. The third kappa shape index (κ3) is 5.21. The van der Waals surface area contributed by atoms with E-state index in [0.717, 1.165) is 32.4 Å². The van der Waals surface area contributed by atoms with E-state index in [1.54, 1.807) is 24.3 Å². The number of nitrogens with one attached hydrogen (secondary N) is 3. The van der Waals surface area contributed by atoms with Gasteiger partial charge in [0, 0.05) is 16.6 Å². The van der Waals surface area contributed by atoms with Gasteiger partial charge in [0.05, 0.1) is 0 Å². The first-order valence-corrected chi connectivity index (χ1v) is 8.96. The van der Waals surface area contributed by atoms with Gasteiger partial charge >= 0.3 is 0 Å². The van der Waals surface area contributed by atoms with Crippen molar-refractivity contribution in [3.8, 4) is 0 Å². The zero-order valence-electron chi connectivity index (χ0n) is 14.3. The second-order valence-electron chi connectivity index (χ2n) is 6.38. The molecule has 0 aromatic heterocycles. The van der Waals surface area contributed by atoms with E-state index < -0.39 is 6.04 Å². The second kappa shape index (κ2) is 9.04. The Morgan fingerprint density at radius 2 is 1.88 bits per heavy atom. The molecule has 1 aliphatic rings. The van der Waals surface area contributed by atoms with Gasteiger partial charge in [-0.3, -0.25) is 9.59 Å². The fourth-order valence-electron chi connectivity index (χ4n) is 2.78. The highest BCUT2D eigenvalue weighted by Crippen LogP contribution is 2.13. The highest BCUT2D eigenvalue weighted by atomic mass is 35.5. The molecule has 1 fully saturated rings. The molecule has 1 aromatic rings. The summed E-state index contributed by atoms with van der Waals surface area (Å²) in [6.45, 7) is 5.82. The van der Waals surface area contributed by atoms with Crippen LogP contribution in [-0.2, 0) is 4.79 Å². The zero-order valence-corrected chi connectivity index (χ0v) is 15.0. The van der Waals surface area contributed by atoms with Crippen LogP contribution in [0.2, 0.25) is 5.02 Å². The summed E-state index contributed by atoms with van der Waals surface area (Å²) >= 11 is 5.85. The summed E-state index contributed by atoms with van der Waals surface area (Å²) in [5.41, 5.74) is 0.502. The molecule has 1 aliphatic heterocycles. The van der Waals surface area contributed by atoms with Crippen molar-refractivity contribution in [3.63, 3.8) is 0 Å². The summed E-state index contributed by atoms with van der Waals surface area (Å²) in [7, 11) is 0. The van der Waals surface area contributed by atoms with Gasteiger partial charge in [0.25, 0.3) is 5.91 Å². The lowest BCUT2D eigenvalue weighted by molar-refractivity contribution is -0.125. The fourth-order valence-corrected chi connectivity index (χ4v) is 2.91. The topological polar surface area (TPSA) is 70.2 Å². The van der Waals surface area contributed by atoms with Gasteiger partial charge in [-0.25, -0.2) is 0 Å². The summed E-state index contributed by atoms with van der Waals surface area (Å²) in [6, 6.07) is 6.31. The number of amides is 2. The number of carbonyl (C=O) groups is 2. The maximum atomic E-state index is 12.7. The van der Waals surface area contributed by atoms with Crippen molar-refractivity contribution in [1.82, 2.24) is 16.0 Å². The van der Waals surface area contributed by atoms with Gasteiger partial charge in [-0.15, -0.1) is 0 Å². The predicted molar refractivity (Wildman–Crippen MR) is 96.2 cm³/mol. The Kier molecular flexibility index (Phi) is 7.06. The lowest BCUT2D eigenvalue weighted by Crippen LogP contribution is -2.54. The molecular weight excluding hydrogens is 326 g/mol. The van der Waals surface area contributed by atoms with Crippen molar-refractivity contribution >= 4 is 23.4 Å². The Hall–Kier alpha value is -1.59. The van der Waals surface area contributed by atoms with Crippen molar-refractivity contribution in [1.29, 1.82) is 0 Å². The molecule has 132 valence electrons. The van der Waals surface area contributed by atoms with Crippen LogP contribution in [0.15, 0.2) is 24.3 Å². The molecule has 3 N–H and O–H groups in total. The summed E-state index contributed by atoms with van der Waals surface area (Å²) in [4.78, 5) is 25.1. The van der Waals surface area contributed by atoms with E-state index in [1.165, 1.54) is 0 Å². The SMILES string of the molecule is CCC(C)C(NC(=O)c1ccc(Cl)cc1)C(=O)NC1CCNCC1. The molecule has 0 radical (unpaired) electrons. The largest absolute Gasteiger partial charge is 0.351 e. The quantitative estimate of drug-likeness (QED) is 0.736. The normalized spacial score (nSPS) is 17.8. The van der Waals surface area contributed by atoms with Crippen molar-refractivity contribution in [2.75, 3.05) is 13.1 Å². The molecule has 2 rings (SSSR count). The first-order chi connectivity index (χ1) is 11.5. The van der Waals surface area contributed by atoms with Gasteiger partial charge in [-0.2, -0.15) is 0 Å². The minimum Gasteiger partial charge on any atom is -0.351 e. The van der Waals surface area contributed by atoms with Crippen LogP contribution in [0, 0.1) is 5.92 Å². The summed E-state index contributed by atoms with van der Waals surface area (Å²) < 4.78 is 0. The molecular formula is C18H26ClN3O2. The Bertz CT molecular complexity index is 556. The van der Waals surface area contributed by atoms with Crippen LogP contribution in [-0.4, -0.2) is 37.0 Å². The third-order valence-electron chi connectivity index (χ3n) is 4.57. The average molecular weight is 352 g/mol. The Labute approximate surface area is 148 Å². The minimum absolute atomic E-state index is 0.0583. The second-order valence-corrected chi connectivity index (χ2v) is 6.81. The van der Waals surface area contributed by atoms with Crippen LogP contribution in [0.4, 0.5) is 0 Å². The van der Waals surface area contributed by atoms with Crippen molar-refractivity contribution in [2.45, 2.75) is 45.2 Å². The van der Waals surface area contributed by atoms with E-state index in [2.05, 4.69) is 16.0 Å². The lowest BCUT2D eigenvalue weighted by Gasteiger charge is -2.28. The molecule has 1 heterocycles. The Balaban J connectivity index is 2.02. The first kappa shape index (κ1) is 18.7. The van der Waals surface area contributed by atoms with E-state index in [-0.39, 0.29) is 23.8 Å². The van der Waals surface area contributed by atoms with Gasteiger partial charge in [-0.1, -0.05) is 31.9 Å². The van der Waals surface area contributed by atoms with E-state index in [9.17, 15) is 9.59 Å². The van der Waals surface area contributed by atoms with Crippen LogP contribution >= 0.6 is 11.6 Å². The van der Waals surface area contributed by atoms with E-state index >= 15 is 0 Å². The molecule has 2 amide bonds. The number of piperidine rings is 1. The highest BCUT2D eigenvalue weighted by molar-refractivity contribution is 6.30. The van der Waals surface area contributed by atoms with E-state index in [4.69, 9.17) is 11.6 Å². The lowest BCUT2D eigenvalue weighted by atomic mass is 9.96. The van der Waals surface area contributed by atoms with Crippen LogP contribution in [0.25, 0.3) is 0 Å². The number of halogens is 1. The standard InChI is InChI=1S/C18H26ClN3O2/c1-3-12(2)16(18(24)21-15-8-10-20-11-9-15)22-17(23)13-4-6-14(19)7-5-13/h4-7,12,15-16,20H,3,8-11H2,1-2H3,(H,21,24)(H,22,23). The maximum Gasteiger partial charge on any atom is 0.251 e. The molecule has 6 heteroatoms. The molecule has 0 aliphatic carbocycles. The van der Waals surface area contributed by atoms with Crippen LogP contribution in [0.3, 0.4) is 0 Å². The molecule has 1 aromatic carbocycles. The molecule has 24 heavy (non-hydrogen) atoms. The monoisotopic (exact) mass is 351 g/mol. The third-order valence-corrected chi connectivity index (χ3v) is 4.83. The first-order valence-electron chi connectivity index (χ1n) is 8.58. The predicted octanol–water partition coefficient (Wildman–Crippen LogP) is 2.35. The van der Waals surface area contributed by atoms with E-state index in [0.29, 0.717) is 10.6 Å². The van der Waals surface area contributed by atoms with Gasteiger partial charge in [-0.05, 0) is 56.1 Å². The summed E-state index contributed by atoms with van der Waals surface area (Å²) in [5, 5.41) is 9.82. The van der Waals surface area contributed by atoms with Gasteiger partial charge < -0.3 is 16.0 Å². The number of benzene rings is 1. The molecule has 2 atom stereocenters. The van der Waals surface area contributed by atoms with Gasteiger partial charge in [0.15, 0.2) is 0 Å². The van der Waals surface area contributed by atoms with Gasteiger partial charge in [0.1, 0.15) is 6.04 Å². The molecule has 0 saturated carbocycles. The van der Waals surface area contributed by atoms with Crippen molar-refractivity contribution in [2.24, 2.45) is 5.92 Å². The Morgan fingerprint density at radius 3 is 2.46 bits per heavy atom. The van der Waals surface area contributed by atoms with Gasteiger partial charge in [0.2, 0.25) is 5.91 Å². The van der Waals surface area contributed by atoms with Crippen LogP contribution in [0.1, 0.15) is 43.5 Å². The van der Waals surface area contributed by atoms with Crippen LogP contribution < -0.4 is 16.0 Å². The van der Waals surface area contributed by atoms with Crippen molar-refractivity contribution < 1.29 is 9.59 Å². The molecule has 2 unspecified atom stereocenters. The number of carbonyl (C=O) groups excluding carboxylic acids is 2. The fraction of sp³-hybridized carbons (Fsp3) is 0.556. The van der Waals surface area contributed by atoms with E-state index in [1.807, 2.05) is 13.8 Å². The highest BCUT2D eigenvalue weighted by Gasteiger charge is 2.28. The summed E-state index contributed by atoms with van der Waals surface area (Å²) in [6.07, 6.45) is 2.65. The zero-order chi connectivity index (χ0) is 17.5. The Morgan fingerprint density at radius 1 is 1.25 bits per heavy atom. The minimum atomic E-state index is -0.534. The number of rotatable bonds is 6. The smallest absolute Gasteiger partial charge is 0.251 e. The molecule has 0 spiro atoms. The van der Waals surface area contributed by atoms with Crippen LogP contribution in [0.5, 0.6) is 0 Å². The number of hydrogen-bond donors (Lipinski definition) is 3. The maximum absolute atomic E-state index is 12.7. The number of hydrogen-bond acceptors (Lipinski definition) is 3.